The second-order valence-electron chi connectivity index (χ2n) is 11.4. The Bertz CT molecular complexity index is 958. The fraction of sp³-hybridized carbons (Fsp3) is 0.576. The molecule has 0 saturated carbocycles. The summed E-state index contributed by atoms with van der Waals surface area (Å²) in [7, 11) is 0. The number of hydrogen-bond acceptors (Lipinski definition) is 6. The highest BCUT2D eigenvalue weighted by atomic mass is 16.6. The lowest BCUT2D eigenvalue weighted by Crippen LogP contribution is -2.44. The molecule has 1 atom stereocenters. The zero-order valence-corrected chi connectivity index (χ0v) is 24.9. The molecule has 40 heavy (non-hydrogen) atoms. The summed E-state index contributed by atoms with van der Waals surface area (Å²) in [6.45, 7) is 8.74. The summed E-state index contributed by atoms with van der Waals surface area (Å²) in [6, 6.07) is 17.1. The summed E-state index contributed by atoms with van der Waals surface area (Å²) in [5.41, 5.74) is 6.93. The Hall–Kier alpha value is -2.90. The van der Waals surface area contributed by atoms with E-state index in [4.69, 9.17) is 15.2 Å². The molecular formula is C33H51N3O4. The van der Waals surface area contributed by atoms with E-state index in [1.807, 2.05) is 75.4 Å². The molecule has 0 heterocycles. The zero-order chi connectivity index (χ0) is 29.1. The van der Waals surface area contributed by atoms with E-state index >= 15 is 0 Å². The van der Waals surface area contributed by atoms with Crippen LogP contribution in [0.1, 0.15) is 89.7 Å². The average molecular weight is 554 g/mol. The van der Waals surface area contributed by atoms with Gasteiger partial charge in [0.1, 0.15) is 18.0 Å². The number of unbranched alkanes of at least 4 members (excludes halogenated alkanes) is 6. The Balaban J connectivity index is 1.78. The van der Waals surface area contributed by atoms with E-state index in [1.54, 1.807) is 0 Å². The number of Topliss-reactive ketones (excluding diaryl/α,β-unsaturated/α-hetero) is 1. The SMILES string of the molecule is CC(C)(C)OC(=O)NC(Cc1ccc(OCc2ccccc2)cc1)C(=O)CCCCCCCCCNCCCN. The summed E-state index contributed by atoms with van der Waals surface area (Å²) >= 11 is 0. The van der Waals surface area contributed by atoms with Crippen molar-refractivity contribution in [2.45, 2.75) is 103 Å². The fourth-order valence-corrected chi connectivity index (χ4v) is 4.35. The molecule has 0 aliphatic rings. The van der Waals surface area contributed by atoms with E-state index in [9.17, 15) is 9.59 Å². The molecule has 0 aliphatic heterocycles. The van der Waals surface area contributed by atoms with Crippen LogP contribution < -0.4 is 21.1 Å². The van der Waals surface area contributed by atoms with E-state index in [1.165, 1.54) is 25.7 Å². The molecule has 2 aromatic carbocycles. The highest BCUT2D eigenvalue weighted by Gasteiger charge is 2.24. The number of ketones is 1. The van der Waals surface area contributed by atoms with Gasteiger partial charge >= 0.3 is 6.09 Å². The van der Waals surface area contributed by atoms with Crippen molar-refractivity contribution >= 4 is 11.9 Å². The highest BCUT2D eigenvalue weighted by Crippen LogP contribution is 2.17. The van der Waals surface area contributed by atoms with Gasteiger partial charge in [0.15, 0.2) is 5.78 Å². The number of rotatable bonds is 20. The third kappa shape index (κ3) is 15.6. The number of alkyl carbamates (subject to hydrolysis) is 1. The Kier molecular flexibility index (Phi) is 16.0. The molecule has 1 unspecified atom stereocenters. The second-order valence-corrected chi connectivity index (χ2v) is 11.4. The van der Waals surface area contributed by atoms with Crippen molar-refractivity contribution in [3.05, 3.63) is 65.7 Å². The summed E-state index contributed by atoms with van der Waals surface area (Å²) in [5.74, 6) is 0.803. The quantitative estimate of drug-likeness (QED) is 0.166. The molecule has 2 aromatic rings. The first kappa shape index (κ1) is 33.3. The minimum Gasteiger partial charge on any atom is -0.489 e. The van der Waals surface area contributed by atoms with Gasteiger partial charge in [0.2, 0.25) is 0 Å². The minimum absolute atomic E-state index is 0.0406. The number of carbonyl (C=O) groups excluding carboxylic acids is 2. The molecule has 0 aromatic heterocycles. The van der Waals surface area contributed by atoms with E-state index < -0.39 is 17.7 Å². The topological polar surface area (TPSA) is 103 Å². The van der Waals surface area contributed by atoms with Crippen LogP contribution in [0, 0.1) is 0 Å². The molecule has 1 amide bonds. The third-order valence-electron chi connectivity index (χ3n) is 6.53. The van der Waals surface area contributed by atoms with E-state index in [-0.39, 0.29) is 5.78 Å². The van der Waals surface area contributed by atoms with Crippen LogP contribution in [0.4, 0.5) is 4.79 Å². The number of nitrogens with two attached hydrogens (primary N) is 1. The van der Waals surface area contributed by atoms with E-state index in [0.717, 1.165) is 62.2 Å². The van der Waals surface area contributed by atoms with Crippen LogP contribution in [-0.2, 0) is 22.6 Å². The van der Waals surface area contributed by atoms with Gasteiger partial charge in [-0.3, -0.25) is 4.79 Å². The van der Waals surface area contributed by atoms with Gasteiger partial charge in [-0.1, -0.05) is 74.6 Å². The number of amides is 1. The maximum absolute atomic E-state index is 13.1. The number of nitrogens with one attached hydrogen (secondary N) is 2. The maximum Gasteiger partial charge on any atom is 0.408 e. The molecule has 7 heteroatoms. The van der Waals surface area contributed by atoms with Crippen LogP contribution in [0.5, 0.6) is 5.75 Å². The van der Waals surface area contributed by atoms with Gasteiger partial charge in [-0.15, -0.1) is 0 Å². The van der Waals surface area contributed by atoms with Crippen LogP contribution in [0.15, 0.2) is 54.6 Å². The second kappa shape index (κ2) is 19.2. The van der Waals surface area contributed by atoms with Gasteiger partial charge in [0.25, 0.3) is 0 Å². The molecule has 4 N–H and O–H groups in total. The molecule has 0 saturated heterocycles. The van der Waals surface area contributed by atoms with Gasteiger partial charge in [-0.05, 0) is 89.3 Å². The monoisotopic (exact) mass is 553 g/mol. The number of ether oxygens (including phenoxy) is 2. The van der Waals surface area contributed by atoms with Gasteiger partial charge in [0, 0.05) is 6.42 Å². The smallest absolute Gasteiger partial charge is 0.408 e. The molecule has 0 spiro atoms. The van der Waals surface area contributed by atoms with Crippen molar-refractivity contribution in [3.8, 4) is 5.75 Å². The van der Waals surface area contributed by atoms with Crippen molar-refractivity contribution < 1.29 is 19.1 Å². The Morgan fingerprint density at radius 3 is 2.08 bits per heavy atom. The Morgan fingerprint density at radius 1 is 0.800 bits per heavy atom. The van der Waals surface area contributed by atoms with Crippen LogP contribution in [0.2, 0.25) is 0 Å². The third-order valence-corrected chi connectivity index (χ3v) is 6.53. The van der Waals surface area contributed by atoms with Crippen molar-refractivity contribution in [1.82, 2.24) is 10.6 Å². The first-order valence-electron chi connectivity index (χ1n) is 15.0. The van der Waals surface area contributed by atoms with E-state index in [2.05, 4.69) is 10.6 Å². The standard InChI is InChI=1S/C33H51N3O4/c1-33(2,3)40-32(38)36-30(31(37)17-12-7-5-4-6-8-13-23-35-24-14-22-34)25-27-18-20-29(21-19-27)39-26-28-15-10-9-11-16-28/h9-11,15-16,18-21,30,35H,4-8,12-14,17,22-26,34H2,1-3H3,(H,36,38). The zero-order valence-electron chi connectivity index (χ0n) is 24.9. The minimum atomic E-state index is -0.629. The van der Waals surface area contributed by atoms with Crippen LogP contribution in [0.25, 0.3) is 0 Å². The van der Waals surface area contributed by atoms with Crippen LogP contribution in [-0.4, -0.2) is 43.2 Å². The molecule has 0 aliphatic carbocycles. The summed E-state index contributed by atoms with van der Waals surface area (Å²) in [5, 5.41) is 6.24. The van der Waals surface area contributed by atoms with Crippen molar-refractivity contribution in [1.29, 1.82) is 0 Å². The average Bonchev–Trinajstić information content (AvgIpc) is 2.92. The molecule has 222 valence electrons. The van der Waals surface area contributed by atoms with Gasteiger partial charge in [-0.25, -0.2) is 4.79 Å². The van der Waals surface area contributed by atoms with E-state index in [0.29, 0.717) is 19.4 Å². The largest absolute Gasteiger partial charge is 0.489 e. The molecule has 0 fully saturated rings. The molecule has 2 rings (SSSR count). The van der Waals surface area contributed by atoms with Gasteiger partial charge in [-0.2, -0.15) is 0 Å². The molecule has 0 bridgehead atoms. The number of carbonyl (C=O) groups is 2. The maximum atomic E-state index is 13.1. The fourth-order valence-electron chi connectivity index (χ4n) is 4.35. The predicted molar refractivity (Wildman–Crippen MR) is 163 cm³/mol. The van der Waals surface area contributed by atoms with Gasteiger partial charge in [0.05, 0.1) is 6.04 Å². The van der Waals surface area contributed by atoms with Crippen LogP contribution >= 0.6 is 0 Å². The number of hydrogen-bond donors (Lipinski definition) is 3. The first-order chi connectivity index (χ1) is 19.3. The van der Waals surface area contributed by atoms with Crippen LogP contribution in [0.3, 0.4) is 0 Å². The van der Waals surface area contributed by atoms with Gasteiger partial charge < -0.3 is 25.8 Å². The first-order valence-corrected chi connectivity index (χ1v) is 15.0. The summed E-state index contributed by atoms with van der Waals surface area (Å²) in [4.78, 5) is 25.6. The Morgan fingerprint density at radius 2 is 1.43 bits per heavy atom. The predicted octanol–water partition coefficient (Wildman–Crippen LogP) is 6.33. The lowest BCUT2D eigenvalue weighted by Gasteiger charge is -2.23. The lowest BCUT2D eigenvalue weighted by atomic mass is 9.98. The number of benzene rings is 2. The highest BCUT2D eigenvalue weighted by molar-refractivity contribution is 5.87. The van der Waals surface area contributed by atoms with Crippen molar-refractivity contribution in [3.63, 3.8) is 0 Å². The van der Waals surface area contributed by atoms with Crippen molar-refractivity contribution in [2.24, 2.45) is 5.73 Å². The molecular weight excluding hydrogens is 502 g/mol. The normalized spacial score (nSPS) is 12.1. The molecule has 7 nitrogen and oxygen atoms in total. The Labute approximate surface area is 241 Å². The van der Waals surface area contributed by atoms with Crippen molar-refractivity contribution in [2.75, 3.05) is 19.6 Å². The summed E-state index contributed by atoms with van der Waals surface area (Å²) in [6.07, 6.45) is 9.15. The lowest BCUT2D eigenvalue weighted by molar-refractivity contribution is -0.121. The summed E-state index contributed by atoms with van der Waals surface area (Å²) < 4.78 is 11.3. The molecule has 0 radical (unpaired) electrons.